The smallest absolute Gasteiger partial charge is 0.857 e. The monoisotopic (exact) mass is 1450 g/mol. The summed E-state index contributed by atoms with van der Waals surface area (Å²) in [5, 5.41) is 25.6. The molecule has 6 heterocycles. The van der Waals surface area contributed by atoms with Gasteiger partial charge in [-0.2, -0.15) is 19.7 Å². The molecular weight excluding hydrogens is 1300 g/mol. The molecule has 0 aromatic heterocycles. The summed E-state index contributed by atoms with van der Waals surface area (Å²) in [5.74, 6) is -1.09. The summed E-state index contributed by atoms with van der Waals surface area (Å²) in [5.41, 5.74) is 0. The molecule has 4 atom stereocenters. The Morgan fingerprint density at radius 2 is 0.737 bits per heavy atom. The Balaban J connectivity index is -0.000000254. The Bertz CT molecular complexity index is 1510. The summed E-state index contributed by atoms with van der Waals surface area (Å²) in [7, 11) is 1.75. The fourth-order valence-electron chi connectivity index (χ4n) is 9.78. The van der Waals surface area contributed by atoms with Crippen molar-refractivity contribution in [1.82, 2.24) is 0 Å². The van der Waals surface area contributed by atoms with E-state index in [1.165, 1.54) is 192 Å². The Labute approximate surface area is 629 Å². The van der Waals surface area contributed by atoms with E-state index in [0.29, 0.717) is 51.7 Å². The van der Waals surface area contributed by atoms with Gasteiger partial charge in [-0.1, -0.05) is 208 Å². The number of thiol groups is 1. The minimum atomic E-state index is -0.493. The van der Waals surface area contributed by atoms with Crippen LogP contribution in [0.4, 0.5) is 0 Å². The Morgan fingerprint density at radius 3 is 0.926 bits per heavy atom. The number of hydrogen-bond donors (Lipinski definition) is 3. The fraction of sp³-hybridized carbons (Fsp3) is 0.959. The van der Waals surface area contributed by atoms with E-state index >= 15 is 0 Å². The van der Waals surface area contributed by atoms with Crippen LogP contribution in [-0.4, -0.2) is 172 Å². The first-order valence-corrected chi connectivity index (χ1v) is 38.9. The van der Waals surface area contributed by atoms with Crippen molar-refractivity contribution in [2.45, 2.75) is 363 Å². The van der Waals surface area contributed by atoms with Crippen LogP contribution >= 0.6 is 48.8 Å². The Kier molecular flexibility index (Phi) is 83.2. The standard InChI is InChI=1S/2C18H34O3S.C13H26OS.C6H12O3.C6H12O2S.2C4H8O.C2H6.CH4O.CH3O.CH4.Na/c2*1-4-5-6-7-8-9-10-11-12-13-17(22)19-14-16-15-20-18(2,3)21-16;1-3-4-5-6-7-8-9-10-11-12-13(14)15-2;1-6(2)8-4-5(3-7)9-6;1-6(2)7-3-5(4-9)8-6;2*1-2-4-5-3-1;3*1-2;;/h2*16H,4-15H2,1-3H3;3-12H2,1-2H3;5,7H,3-4H2,1-2H3;5,9H,3-4H2,1-2H3;2*1-4H2;1-2H3;2H,1H3;1H3;1H4;/q;;;;;;;;;-1;;+1/i;;;;;;;1D;;;;. The van der Waals surface area contributed by atoms with E-state index in [1.807, 2.05) is 61.6 Å². The van der Waals surface area contributed by atoms with Crippen molar-refractivity contribution in [2.24, 2.45) is 0 Å². The van der Waals surface area contributed by atoms with Gasteiger partial charge in [0.05, 0.1) is 39.1 Å². The third kappa shape index (κ3) is 75.6. The molecule has 6 aliphatic heterocycles. The van der Waals surface area contributed by atoms with Crippen LogP contribution in [0.3, 0.4) is 0 Å². The molecular formula is C74H151NaO16S4. The van der Waals surface area contributed by atoms with Gasteiger partial charge >= 0.3 is 29.6 Å². The molecule has 16 nitrogen and oxygen atoms in total. The molecule has 0 spiro atoms. The van der Waals surface area contributed by atoms with Crippen molar-refractivity contribution >= 4 is 64.0 Å². The second kappa shape index (κ2) is 75.8. The predicted molar refractivity (Wildman–Crippen MR) is 404 cm³/mol. The molecule has 0 aromatic rings. The van der Waals surface area contributed by atoms with Gasteiger partial charge in [-0.15, -0.1) is 0 Å². The fourth-order valence-corrected chi connectivity index (χ4v) is 10.7. The molecule has 21 heteroatoms. The largest absolute Gasteiger partial charge is 1.00 e. The van der Waals surface area contributed by atoms with E-state index in [4.69, 9.17) is 98.0 Å². The zero-order chi connectivity index (χ0) is 71.5. The molecule has 0 aromatic carbocycles. The summed E-state index contributed by atoms with van der Waals surface area (Å²) in [6, 6.07) is 0. The summed E-state index contributed by atoms with van der Waals surface area (Å²) in [6.07, 6.45) is 45.5. The minimum absolute atomic E-state index is 0. The zero-order valence-electron chi connectivity index (χ0n) is 64.3. The number of ether oxygens (including phenoxy) is 12. The van der Waals surface area contributed by atoms with Crippen molar-refractivity contribution in [1.29, 1.82) is 0 Å². The number of rotatable bonds is 36. The van der Waals surface area contributed by atoms with Gasteiger partial charge in [0.25, 0.3) is 0 Å². The summed E-state index contributed by atoms with van der Waals surface area (Å²) in [6.45, 7) is 31.7. The van der Waals surface area contributed by atoms with Gasteiger partial charge < -0.3 is 72.2 Å². The molecule has 2 N–H and O–H groups in total. The zero-order valence-corrected chi connectivity index (χ0v) is 68.7. The summed E-state index contributed by atoms with van der Waals surface area (Å²) >= 11 is 16.0. The molecule has 6 fully saturated rings. The maximum Gasteiger partial charge on any atom is 1.00 e. The Hall–Kier alpha value is 0.630. The molecule has 0 bridgehead atoms. The molecule has 568 valence electrons. The van der Waals surface area contributed by atoms with Crippen molar-refractivity contribution in [3.05, 3.63) is 0 Å². The number of aliphatic hydroxyl groups excluding tert-OH is 2. The van der Waals surface area contributed by atoms with Gasteiger partial charge in [0, 0.05) is 59.9 Å². The van der Waals surface area contributed by atoms with Crippen LogP contribution in [0.25, 0.3) is 0 Å². The van der Waals surface area contributed by atoms with E-state index in [1.54, 1.807) is 6.92 Å². The number of aliphatic hydroxyl groups is 2. The number of hydrogen-bond acceptors (Lipinski definition) is 20. The molecule has 4 unspecified atom stereocenters. The van der Waals surface area contributed by atoms with Crippen LogP contribution in [0.2, 0.25) is 0 Å². The number of carbonyl (C=O) groups excluding carboxylic acids is 1. The third-order valence-electron chi connectivity index (χ3n) is 14.9. The number of thiocarbonyl (C=S) groups is 2. The van der Waals surface area contributed by atoms with Crippen LogP contribution in [0.5, 0.6) is 0 Å². The summed E-state index contributed by atoms with van der Waals surface area (Å²) < 4.78 is 70.8. The van der Waals surface area contributed by atoms with Gasteiger partial charge in [-0.25, -0.2) is 0 Å². The minimum Gasteiger partial charge on any atom is -0.857 e. The molecule has 0 radical (unpaired) electrons. The van der Waals surface area contributed by atoms with E-state index in [-0.39, 0.29) is 73.8 Å². The molecule has 0 aliphatic carbocycles. The first-order chi connectivity index (χ1) is 45.1. The van der Waals surface area contributed by atoms with Gasteiger partial charge in [0.2, 0.25) is 0 Å². The summed E-state index contributed by atoms with van der Waals surface area (Å²) in [4.78, 5) is 11.0. The van der Waals surface area contributed by atoms with Gasteiger partial charge in [0.15, 0.2) is 38.4 Å². The van der Waals surface area contributed by atoms with Crippen molar-refractivity contribution in [3.63, 3.8) is 0 Å². The first-order valence-electron chi connectivity index (χ1n) is 36.9. The molecule has 6 saturated heterocycles. The average molecular weight is 1450 g/mol. The van der Waals surface area contributed by atoms with Crippen LogP contribution < -0.4 is 34.7 Å². The second-order valence-electron chi connectivity index (χ2n) is 25.5. The molecule has 6 rings (SSSR count). The van der Waals surface area contributed by atoms with E-state index in [2.05, 4.69) is 33.4 Å². The number of thioether (sulfide) groups is 1. The Morgan fingerprint density at radius 1 is 0.495 bits per heavy atom. The van der Waals surface area contributed by atoms with Gasteiger partial charge in [-0.05, 0) is 131 Å². The van der Waals surface area contributed by atoms with Crippen LogP contribution in [-0.2, 0) is 61.6 Å². The van der Waals surface area contributed by atoms with Crippen molar-refractivity contribution in [2.75, 3.05) is 98.9 Å². The van der Waals surface area contributed by atoms with Gasteiger partial charge in [-0.3, -0.25) is 4.79 Å². The number of carbonyl (C=O) groups is 1. The normalized spacial score (nSPS) is 20.1. The average Bonchev–Trinajstić information content (AvgIpc) is 2.51. The second-order valence-corrected chi connectivity index (χ2v) is 27.6. The quantitative estimate of drug-likeness (QED) is 0.0232. The molecule has 0 amide bonds. The molecule has 6 aliphatic rings. The maximum atomic E-state index is 11.0. The third-order valence-corrected chi connectivity index (χ3v) is 16.6. The SMILES string of the molecule is C.C1CCOC1.C1CCOC1.CC1(C)OCC(CO)O1.CC1(C)OCC(CS)O1.CCCCCCCCCCCC(=O)SC.CCCCCCCCCCCC(=S)OCC1COC(C)(C)O1.CCCCCCCCCCCC(=S)OCC1COC(C)(C)O1.CO.C[O-].[2H]CC.[Na+]. The van der Waals surface area contributed by atoms with Gasteiger partial charge in [0.1, 0.15) is 31.5 Å². The van der Waals surface area contributed by atoms with Crippen LogP contribution in [0.1, 0.15) is 317 Å². The topological polar surface area (TPSA) is 191 Å². The van der Waals surface area contributed by atoms with E-state index in [0.717, 1.165) is 95.0 Å². The van der Waals surface area contributed by atoms with Crippen molar-refractivity contribution in [3.8, 4) is 0 Å². The predicted octanol–water partition coefficient (Wildman–Crippen LogP) is 15.6. The van der Waals surface area contributed by atoms with E-state index in [9.17, 15) is 4.79 Å². The van der Waals surface area contributed by atoms with Crippen LogP contribution in [0.15, 0.2) is 0 Å². The van der Waals surface area contributed by atoms with E-state index < -0.39 is 17.4 Å². The number of unbranched alkanes of at least 4 members (excludes halogenated alkanes) is 24. The maximum absolute atomic E-state index is 11.0. The molecule has 95 heavy (non-hydrogen) atoms. The van der Waals surface area contributed by atoms with Crippen LogP contribution in [0, 0.1) is 0 Å². The molecule has 0 saturated carbocycles. The first kappa shape index (κ1) is 104. The van der Waals surface area contributed by atoms with Crippen molar-refractivity contribution < 1.29 is 108 Å².